The molecule has 0 saturated carbocycles. The first kappa shape index (κ1) is 6.90. The van der Waals surface area contributed by atoms with E-state index in [0.717, 1.165) is 5.57 Å². The van der Waals surface area contributed by atoms with Crippen LogP contribution in [0.2, 0.25) is 0 Å². The number of hydrogen-bond acceptors (Lipinski definition) is 2. The predicted molar refractivity (Wildman–Crippen MR) is 31.1 cm³/mol. The largest absolute Gasteiger partial charge is 0.240 e. The van der Waals surface area contributed by atoms with Crippen LogP contribution in [-0.4, -0.2) is 6.08 Å². The fraction of sp³-hybridized carbons (Fsp3) is 0.333. The van der Waals surface area contributed by atoms with E-state index < -0.39 is 0 Å². The fourth-order valence-electron chi connectivity index (χ4n) is 0.188. The van der Waals surface area contributed by atoms with Crippen molar-refractivity contribution in [2.75, 3.05) is 0 Å². The molecule has 0 aliphatic carbocycles. The van der Waals surface area contributed by atoms with Crippen LogP contribution in [0.5, 0.6) is 0 Å². The van der Waals surface area contributed by atoms with Gasteiger partial charge in [0.1, 0.15) is 0 Å². The molecule has 0 bridgehead atoms. The third-order valence-corrected chi connectivity index (χ3v) is 0.470. The molecule has 0 aliphatic heterocycles. The summed E-state index contributed by atoms with van der Waals surface area (Å²) in [5.74, 6) is 0. The van der Waals surface area contributed by atoms with Gasteiger partial charge in [0.25, 0.3) is 0 Å². The molecule has 0 aromatic heterocycles. The highest BCUT2D eigenvalue weighted by Gasteiger charge is 1.63. The van der Waals surface area contributed by atoms with Gasteiger partial charge in [-0.1, -0.05) is 0 Å². The summed E-state index contributed by atoms with van der Waals surface area (Å²) in [7, 11) is 0. The van der Waals surface area contributed by atoms with Gasteiger partial charge in [0.2, 0.25) is 6.08 Å². The molecule has 0 amide bonds. The zero-order chi connectivity index (χ0) is 6.41. The van der Waals surface area contributed by atoms with Crippen LogP contribution in [0, 0.1) is 0 Å². The average molecular weight is 109 g/mol. The molecule has 0 spiro atoms. The van der Waals surface area contributed by atoms with Gasteiger partial charge in [0.15, 0.2) is 0 Å². The fourth-order valence-corrected chi connectivity index (χ4v) is 0.188. The van der Waals surface area contributed by atoms with Crippen LogP contribution < -0.4 is 0 Å². The normalized spacial score (nSPS) is 6.25. The van der Waals surface area contributed by atoms with Crippen LogP contribution >= 0.6 is 0 Å². The smallest absolute Gasteiger partial charge is 0.211 e. The maximum absolute atomic E-state index is 9.41. The monoisotopic (exact) mass is 109 g/mol. The molecule has 0 radical (unpaired) electrons. The van der Waals surface area contributed by atoms with E-state index in [9.17, 15) is 4.79 Å². The molecule has 0 aromatic carbocycles. The van der Waals surface area contributed by atoms with E-state index in [0.29, 0.717) is 0 Å². The van der Waals surface area contributed by atoms with E-state index in [2.05, 4.69) is 10.7 Å². The maximum atomic E-state index is 9.41. The van der Waals surface area contributed by atoms with Gasteiger partial charge >= 0.3 is 0 Å². The van der Waals surface area contributed by atoms with Crippen molar-refractivity contribution >= 4 is 6.08 Å². The van der Waals surface area contributed by atoms with Crippen LogP contribution in [0.1, 0.15) is 13.8 Å². The van der Waals surface area contributed by atoms with Crippen molar-refractivity contribution in [2.45, 2.75) is 13.8 Å². The zero-order valence-corrected chi connectivity index (χ0v) is 4.93. The second-order valence-electron chi connectivity index (χ2n) is 1.49. The molecule has 0 rings (SSSR count). The molecule has 0 aliphatic rings. The first-order valence-electron chi connectivity index (χ1n) is 2.22. The zero-order valence-electron chi connectivity index (χ0n) is 4.93. The lowest BCUT2D eigenvalue weighted by molar-refractivity contribution is 0.565. The van der Waals surface area contributed by atoms with Gasteiger partial charge in [-0.05, 0) is 19.4 Å². The summed E-state index contributed by atoms with van der Waals surface area (Å²) in [6, 6.07) is 0. The second kappa shape index (κ2) is 4.07. The molecule has 0 unspecified atom stereocenters. The summed E-state index contributed by atoms with van der Waals surface area (Å²) in [6.07, 6.45) is 2.66. The molecule has 0 saturated heterocycles. The molecule has 0 fully saturated rings. The average Bonchev–Trinajstić information content (AvgIpc) is 1.66. The molecular weight excluding hydrogens is 102 g/mol. The van der Waals surface area contributed by atoms with Crippen molar-refractivity contribution in [2.24, 2.45) is 4.99 Å². The van der Waals surface area contributed by atoms with Crippen molar-refractivity contribution in [3.63, 3.8) is 0 Å². The lowest BCUT2D eigenvalue weighted by Crippen LogP contribution is -1.52. The third-order valence-electron chi connectivity index (χ3n) is 0.470. The minimum absolute atomic E-state index is 0.990. The van der Waals surface area contributed by atoms with Crippen molar-refractivity contribution in [3.8, 4) is 0 Å². The van der Waals surface area contributed by atoms with Crippen molar-refractivity contribution in [3.05, 3.63) is 17.5 Å². The summed E-state index contributed by atoms with van der Waals surface area (Å²) in [6.45, 7) is 3.74. The molecule has 0 aromatic rings. The van der Waals surface area contributed by atoms with Crippen LogP contribution in [-0.2, 0) is 4.79 Å². The number of nitrogens with zero attached hydrogens (tertiary/aromatic N) is 1. The SMILES string of the molecule is CC(C)=C=CN=C=O. The summed E-state index contributed by atoms with van der Waals surface area (Å²) < 4.78 is 0. The topological polar surface area (TPSA) is 29.4 Å². The summed E-state index contributed by atoms with van der Waals surface area (Å²) in [4.78, 5) is 12.6. The Kier molecular flexibility index (Phi) is 3.51. The summed E-state index contributed by atoms with van der Waals surface area (Å²) in [5, 5.41) is 0. The number of hydrogen-bond donors (Lipinski definition) is 0. The van der Waals surface area contributed by atoms with Gasteiger partial charge < -0.3 is 0 Å². The maximum Gasteiger partial charge on any atom is 0.240 e. The third kappa shape index (κ3) is 4.90. The van der Waals surface area contributed by atoms with E-state index in [1.807, 2.05) is 13.8 Å². The highest BCUT2D eigenvalue weighted by Crippen LogP contribution is 1.81. The van der Waals surface area contributed by atoms with E-state index >= 15 is 0 Å². The standard InChI is InChI=1S/C6H7NO/c1-6(2)3-4-7-5-8/h4H,1-2H3. The van der Waals surface area contributed by atoms with Crippen molar-refractivity contribution in [1.29, 1.82) is 0 Å². The number of carbonyl (C=O) groups excluding carboxylic acids is 1. The minimum atomic E-state index is 0.990. The van der Waals surface area contributed by atoms with E-state index in [1.54, 1.807) is 0 Å². The van der Waals surface area contributed by atoms with E-state index in [4.69, 9.17) is 0 Å². The summed E-state index contributed by atoms with van der Waals surface area (Å²) >= 11 is 0. The van der Waals surface area contributed by atoms with Gasteiger partial charge in [-0.2, -0.15) is 4.99 Å². The molecule has 0 heterocycles. The van der Waals surface area contributed by atoms with Gasteiger partial charge in [-0.25, -0.2) is 4.79 Å². The Morgan fingerprint density at radius 2 is 2.25 bits per heavy atom. The van der Waals surface area contributed by atoms with Crippen LogP contribution in [0.25, 0.3) is 0 Å². The lowest BCUT2D eigenvalue weighted by Gasteiger charge is -1.70. The first-order valence-corrected chi connectivity index (χ1v) is 2.22. The molecule has 2 nitrogen and oxygen atoms in total. The number of rotatable bonds is 1. The number of allylic oxidation sites excluding steroid dienone is 1. The van der Waals surface area contributed by atoms with Gasteiger partial charge in [0, 0.05) is 0 Å². The molecule has 0 N–H and O–H groups in total. The van der Waals surface area contributed by atoms with Crippen LogP contribution in [0.4, 0.5) is 0 Å². The molecule has 42 valence electrons. The number of isocyanates is 1. The van der Waals surface area contributed by atoms with Gasteiger partial charge in [0.05, 0.1) is 6.20 Å². The Bertz CT molecular complexity index is 165. The minimum Gasteiger partial charge on any atom is -0.211 e. The second-order valence-corrected chi connectivity index (χ2v) is 1.49. The summed E-state index contributed by atoms with van der Waals surface area (Å²) in [5.41, 5.74) is 3.70. The van der Waals surface area contributed by atoms with Crippen LogP contribution in [0.15, 0.2) is 22.5 Å². The Morgan fingerprint density at radius 1 is 1.62 bits per heavy atom. The highest BCUT2D eigenvalue weighted by molar-refractivity contribution is 5.34. The van der Waals surface area contributed by atoms with E-state index in [-0.39, 0.29) is 0 Å². The molecular formula is C6H7NO. The highest BCUT2D eigenvalue weighted by atomic mass is 16.1. The Morgan fingerprint density at radius 3 is 2.62 bits per heavy atom. The Balaban J connectivity index is 4.02. The first-order chi connectivity index (χ1) is 3.77. The molecule has 8 heavy (non-hydrogen) atoms. The number of aliphatic imine (C=N–C) groups is 1. The quantitative estimate of drug-likeness (QED) is 0.284. The molecule has 2 heteroatoms. The van der Waals surface area contributed by atoms with Crippen LogP contribution in [0.3, 0.4) is 0 Å². The van der Waals surface area contributed by atoms with Crippen molar-refractivity contribution in [1.82, 2.24) is 0 Å². The lowest BCUT2D eigenvalue weighted by atomic mass is 10.4. The Labute approximate surface area is 48.2 Å². The van der Waals surface area contributed by atoms with Crippen molar-refractivity contribution < 1.29 is 4.79 Å². The van der Waals surface area contributed by atoms with Gasteiger partial charge in [-0.15, -0.1) is 5.73 Å². The Hall–Kier alpha value is -1.10. The van der Waals surface area contributed by atoms with E-state index in [1.165, 1.54) is 12.3 Å². The molecule has 0 atom stereocenters. The van der Waals surface area contributed by atoms with Gasteiger partial charge in [-0.3, -0.25) is 0 Å². The predicted octanol–water partition coefficient (Wildman–Crippen LogP) is 1.40.